The van der Waals surface area contributed by atoms with Gasteiger partial charge in [0.25, 0.3) is 10.0 Å². The first kappa shape index (κ1) is 15.1. The Balaban J connectivity index is 2.86. The van der Waals surface area contributed by atoms with Crippen molar-refractivity contribution < 1.29 is 13.2 Å². The van der Waals surface area contributed by atoms with Crippen LogP contribution in [0.3, 0.4) is 0 Å². The second-order valence-corrected chi connectivity index (χ2v) is 5.77. The summed E-state index contributed by atoms with van der Waals surface area (Å²) in [6.45, 7) is 4.14. The van der Waals surface area contributed by atoms with Gasteiger partial charge in [-0.25, -0.2) is 13.1 Å². The third-order valence-corrected chi connectivity index (χ3v) is 4.17. The van der Waals surface area contributed by atoms with Gasteiger partial charge in [0.2, 0.25) is 0 Å². The Bertz CT molecular complexity index is 483. The van der Waals surface area contributed by atoms with Crippen molar-refractivity contribution in [1.82, 2.24) is 14.9 Å². The number of H-pyrrole nitrogens is 1. The van der Waals surface area contributed by atoms with E-state index in [1.807, 2.05) is 0 Å². The molecule has 0 radical (unpaired) electrons. The van der Waals surface area contributed by atoms with Crippen molar-refractivity contribution in [2.45, 2.75) is 37.9 Å². The molecule has 0 aliphatic carbocycles. The molecule has 0 saturated carbocycles. The Morgan fingerprint density at radius 3 is 2.78 bits per heavy atom. The zero-order valence-corrected chi connectivity index (χ0v) is 11.7. The van der Waals surface area contributed by atoms with E-state index in [-0.39, 0.29) is 17.6 Å². The van der Waals surface area contributed by atoms with Crippen molar-refractivity contribution in [3.05, 3.63) is 11.3 Å². The number of rotatable bonds is 7. The van der Waals surface area contributed by atoms with Gasteiger partial charge >= 0.3 is 0 Å². The predicted molar refractivity (Wildman–Crippen MR) is 67.5 cm³/mol. The molecule has 0 aromatic carbocycles. The first-order chi connectivity index (χ1) is 8.42. The molecule has 104 valence electrons. The van der Waals surface area contributed by atoms with Crippen LogP contribution in [0.25, 0.3) is 0 Å². The van der Waals surface area contributed by atoms with Gasteiger partial charge in [0, 0.05) is 37.6 Å². The van der Waals surface area contributed by atoms with E-state index in [0.717, 1.165) is 0 Å². The summed E-state index contributed by atoms with van der Waals surface area (Å²) in [4.78, 5) is 0. The SMILES string of the molecule is COCCC(C)NS(=O)(=O)c1n[nH]c(C)c1CN. The smallest absolute Gasteiger partial charge is 0.260 e. The Kier molecular flexibility index (Phi) is 5.27. The van der Waals surface area contributed by atoms with Gasteiger partial charge in [0.15, 0.2) is 5.03 Å². The lowest BCUT2D eigenvalue weighted by atomic mass is 10.3. The molecule has 1 heterocycles. The van der Waals surface area contributed by atoms with Crippen LogP contribution in [0.4, 0.5) is 0 Å². The number of ether oxygens (including phenoxy) is 1. The summed E-state index contributed by atoms with van der Waals surface area (Å²) in [7, 11) is -2.07. The molecule has 1 rings (SSSR count). The molecular formula is C10H20N4O3S. The fourth-order valence-electron chi connectivity index (χ4n) is 1.57. The van der Waals surface area contributed by atoms with E-state index >= 15 is 0 Å². The molecule has 0 saturated heterocycles. The van der Waals surface area contributed by atoms with E-state index in [0.29, 0.717) is 24.3 Å². The maximum Gasteiger partial charge on any atom is 0.260 e. The number of nitrogens with zero attached hydrogens (tertiary/aromatic N) is 1. The summed E-state index contributed by atoms with van der Waals surface area (Å²) in [6.07, 6.45) is 0.594. The molecule has 1 atom stereocenters. The van der Waals surface area contributed by atoms with Gasteiger partial charge in [0.05, 0.1) is 0 Å². The van der Waals surface area contributed by atoms with Crippen molar-refractivity contribution >= 4 is 10.0 Å². The third kappa shape index (κ3) is 3.52. The summed E-state index contributed by atoms with van der Waals surface area (Å²) >= 11 is 0. The summed E-state index contributed by atoms with van der Waals surface area (Å²) in [6, 6.07) is -0.224. The van der Waals surface area contributed by atoms with E-state index in [9.17, 15) is 8.42 Å². The van der Waals surface area contributed by atoms with Crippen LogP contribution in [-0.4, -0.2) is 38.4 Å². The second-order valence-electron chi connectivity index (χ2n) is 4.14. The number of hydrogen-bond acceptors (Lipinski definition) is 5. The fraction of sp³-hybridized carbons (Fsp3) is 0.700. The van der Waals surface area contributed by atoms with Gasteiger partial charge in [-0.05, 0) is 20.3 Å². The van der Waals surface area contributed by atoms with Gasteiger partial charge in [0.1, 0.15) is 0 Å². The highest BCUT2D eigenvalue weighted by atomic mass is 32.2. The van der Waals surface area contributed by atoms with Gasteiger partial charge in [-0.2, -0.15) is 5.10 Å². The number of nitrogens with one attached hydrogen (secondary N) is 2. The second kappa shape index (κ2) is 6.28. The zero-order valence-electron chi connectivity index (χ0n) is 10.9. The van der Waals surface area contributed by atoms with Crippen molar-refractivity contribution in [2.24, 2.45) is 5.73 Å². The van der Waals surface area contributed by atoms with Crippen molar-refractivity contribution in [3.8, 4) is 0 Å². The van der Waals surface area contributed by atoms with E-state index in [2.05, 4.69) is 14.9 Å². The minimum absolute atomic E-state index is 0.0215. The predicted octanol–water partition coefficient (Wildman–Crippen LogP) is -0.120. The maximum atomic E-state index is 12.1. The van der Waals surface area contributed by atoms with Crippen LogP contribution in [0.2, 0.25) is 0 Å². The number of aromatic nitrogens is 2. The molecule has 1 aromatic heterocycles. The van der Waals surface area contributed by atoms with Crippen LogP contribution < -0.4 is 10.5 Å². The minimum Gasteiger partial charge on any atom is -0.385 e. The molecule has 1 aromatic rings. The summed E-state index contributed by atoms with van der Waals surface area (Å²) in [5, 5.41) is 6.42. The lowest BCUT2D eigenvalue weighted by molar-refractivity contribution is 0.188. The number of aromatic amines is 1. The molecule has 0 spiro atoms. The highest BCUT2D eigenvalue weighted by Gasteiger charge is 2.24. The van der Waals surface area contributed by atoms with Crippen molar-refractivity contribution in [3.63, 3.8) is 0 Å². The van der Waals surface area contributed by atoms with Gasteiger partial charge in [-0.3, -0.25) is 5.10 Å². The first-order valence-electron chi connectivity index (χ1n) is 5.67. The number of methoxy groups -OCH3 is 1. The number of sulfonamides is 1. The van der Waals surface area contributed by atoms with E-state index in [1.165, 1.54) is 0 Å². The Labute approximate surface area is 107 Å². The van der Waals surface area contributed by atoms with E-state index in [4.69, 9.17) is 10.5 Å². The Hall–Kier alpha value is -0.960. The number of hydrogen-bond donors (Lipinski definition) is 3. The molecule has 0 fully saturated rings. The molecule has 0 bridgehead atoms. The summed E-state index contributed by atoms with van der Waals surface area (Å²) < 4.78 is 31.7. The third-order valence-electron chi connectivity index (χ3n) is 2.61. The van der Waals surface area contributed by atoms with Crippen LogP contribution >= 0.6 is 0 Å². The van der Waals surface area contributed by atoms with Crippen LogP contribution in [0, 0.1) is 6.92 Å². The zero-order chi connectivity index (χ0) is 13.8. The molecule has 18 heavy (non-hydrogen) atoms. The topological polar surface area (TPSA) is 110 Å². The standard InChI is InChI=1S/C10H20N4O3S/c1-7(4-5-17-3)14-18(15,16)10-9(6-11)8(2)12-13-10/h7,14H,4-6,11H2,1-3H3,(H,12,13). The highest BCUT2D eigenvalue weighted by Crippen LogP contribution is 2.15. The van der Waals surface area contributed by atoms with E-state index in [1.54, 1.807) is 21.0 Å². The molecule has 8 heteroatoms. The molecule has 7 nitrogen and oxygen atoms in total. The largest absolute Gasteiger partial charge is 0.385 e. The lowest BCUT2D eigenvalue weighted by Crippen LogP contribution is -2.34. The average Bonchev–Trinajstić information content (AvgIpc) is 2.67. The monoisotopic (exact) mass is 276 g/mol. The van der Waals surface area contributed by atoms with E-state index < -0.39 is 10.0 Å². The molecule has 0 aliphatic rings. The Morgan fingerprint density at radius 1 is 1.56 bits per heavy atom. The van der Waals surface area contributed by atoms with Gasteiger partial charge in [-0.1, -0.05) is 0 Å². The van der Waals surface area contributed by atoms with Crippen LogP contribution in [0.1, 0.15) is 24.6 Å². The minimum atomic E-state index is -3.64. The molecular weight excluding hydrogens is 256 g/mol. The molecule has 0 amide bonds. The molecule has 4 N–H and O–H groups in total. The number of nitrogens with two attached hydrogens (primary N) is 1. The van der Waals surface area contributed by atoms with Gasteiger partial charge in [-0.15, -0.1) is 0 Å². The van der Waals surface area contributed by atoms with Crippen molar-refractivity contribution in [2.75, 3.05) is 13.7 Å². The van der Waals surface area contributed by atoms with Crippen LogP contribution in [0.5, 0.6) is 0 Å². The number of aryl methyl sites for hydroxylation is 1. The maximum absolute atomic E-state index is 12.1. The normalized spacial score (nSPS) is 13.8. The summed E-state index contributed by atoms with van der Waals surface area (Å²) in [5.41, 5.74) is 6.72. The van der Waals surface area contributed by atoms with Gasteiger partial charge < -0.3 is 10.5 Å². The fourth-order valence-corrected chi connectivity index (χ4v) is 3.05. The van der Waals surface area contributed by atoms with Crippen molar-refractivity contribution in [1.29, 1.82) is 0 Å². The van der Waals surface area contributed by atoms with Crippen LogP contribution in [-0.2, 0) is 21.3 Å². The molecule has 0 aliphatic heterocycles. The first-order valence-corrected chi connectivity index (χ1v) is 7.15. The summed E-state index contributed by atoms with van der Waals surface area (Å²) in [5.74, 6) is 0. The lowest BCUT2D eigenvalue weighted by Gasteiger charge is -2.13. The average molecular weight is 276 g/mol. The molecule has 1 unspecified atom stereocenters. The highest BCUT2D eigenvalue weighted by molar-refractivity contribution is 7.89. The Morgan fingerprint density at radius 2 is 2.22 bits per heavy atom. The van der Waals surface area contributed by atoms with Crippen LogP contribution in [0.15, 0.2) is 5.03 Å². The quantitative estimate of drug-likeness (QED) is 0.643.